The normalized spacial score (nSPS) is 21.3. The van der Waals surface area contributed by atoms with Gasteiger partial charge in [0.1, 0.15) is 17.6 Å². The lowest BCUT2D eigenvalue weighted by atomic mass is 9.96. The zero-order chi connectivity index (χ0) is 24.6. The van der Waals surface area contributed by atoms with Crippen molar-refractivity contribution in [2.24, 2.45) is 0 Å². The molecule has 0 aromatic heterocycles. The number of aryl methyl sites for hydroxylation is 1. The average Bonchev–Trinajstić information content (AvgIpc) is 3.63. The van der Waals surface area contributed by atoms with Crippen LogP contribution < -0.4 is 5.32 Å². The second-order valence-electron chi connectivity index (χ2n) is 9.58. The van der Waals surface area contributed by atoms with Gasteiger partial charge >= 0.3 is 0 Å². The number of ether oxygens (including phenoxy) is 1. The number of carbonyl (C=O) groups is 3. The van der Waals surface area contributed by atoms with Crippen LogP contribution in [0.15, 0.2) is 48.5 Å². The lowest BCUT2D eigenvalue weighted by molar-refractivity contribution is -0.128. The second-order valence-corrected chi connectivity index (χ2v) is 9.58. The molecule has 1 aliphatic carbocycles. The summed E-state index contributed by atoms with van der Waals surface area (Å²) in [6, 6.07) is 12.3. The number of likely N-dealkylation sites (tertiary alicyclic amines) is 1. The van der Waals surface area contributed by atoms with Gasteiger partial charge in [0.25, 0.3) is 11.8 Å². The summed E-state index contributed by atoms with van der Waals surface area (Å²) < 4.78 is 19.7. The third kappa shape index (κ3) is 4.67. The van der Waals surface area contributed by atoms with E-state index in [0.29, 0.717) is 37.1 Å². The molecule has 1 unspecified atom stereocenters. The fraction of sp³-hybridized carbons (Fsp3) is 0.444. The standard InChI is InChI=1S/C27H30FN3O4/c1-2-18-3-5-19(6-4-18)25(33)30-15-13-27(14-16-30)31(26(34)20-7-9-21(28)10-8-20)23(17-35-27)24(32)29-22-11-12-22/h3-10,22-23H,2,11-17H2,1H3,(H,29,32). The van der Waals surface area contributed by atoms with Crippen LogP contribution in [-0.4, -0.2) is 65.0 Å². The summed E-state index contributed by atoms with van der Waals surface area (Å²) in [5.41, 5.74) is 1.12. The molecule has 3 amide bonds. The van der Waals surface area contributed by atoms with Crippen LogP contribution in [0.2, 0.25) is 0 Å². The van der Waals surface area contributed by atoms with Crippen molar-refractivity contribution in [2.45, 2.75) is 56.8 Å². The Hall–Kier alpha value is -3.26. The van der Waals surface area contributed by atoms with Crippen LogP contribution in [0.3, 0.4) is 0 Å². The van der Waals surface area contributed by atoms with Crippen molar-refractivity contribution in [3.63, 3.8) is 0 Å². The van der Waals surface area contributed by atoms with Crippen LogP contribution in [-0.2, 0) is 16.0 Å². The van der Waals surface area contributed by atoms with Gasteiger partial charge in [0.05, 0.1) is 6.61 Å². The summed E-state index contributed by atoms with van der Waals surface area (Å²) in [5, 5.41) is 2.98. The quantitative estimate of drug-likeness (QED) is 0.715. The van der Waals surface area contributed by atoms with Crippen LogP contribution in [0.4, 0.5) is 4.39 Å². The van der Waals surface area contributed by atoms with Crippen molar-refractivity contribution >= 4 is 17.7 Å². The van der Waals surface area contributed by atoms with Crippen LogP contribution in [0.25, 0.3) is 0 Å². The van der Waals surface area contributed by atoms with Crippen molar-refractivity contribution in [1.82, 2.24) is 15.1 Å². The highest BCUT2D eigenvalue weighted by atomic mass is 19.1. The van der Waals surface area contributed by atoms with Crippen molar-refractivity contribution in [2.75, 3.05) is 19.7 Å². The third-order valence-electron chi connectivity index (χ3n) is 7.24. The zero-order valence-electron chi connectivity index (χ0n) is 19.8. The molecule has 2 saturated heterocycles. The van der Waals surface area contributed by atoms with E-state index in [1.54, 1.807) is 4.90 Å². The molecular weight excluding hydrogens is 449 g/mol. The van der Waals surface area contributed by atoms with Gasteiger partial charge in [0.2, 0.25) is 5.91 Å². The first-order chi connectivity index (χ1) is 16.9. The summed E-state index contributed by atoms with van der Waals surface area (Å²) in [4.78, 5) is 43.0. The molecule has 184 valence electrons. The van der Waals surface area contributed by atoms with E-state index < -0.39 is 17.6 Å². The lowest BCUT2D eigenvalue weighted by Gasteiger charge is -2.44. The van der Waals surface area contributed by atoms with Crippen LogP contribution in [0, 0.1) is 5.82 Å². The van der Waals surface area contributed by atoms with Gasteiger partial charge in [-0.2, -0.15) is 0 Å². The molecule has 35 heavy (non-hydrogen) atoms. The van der Waals surface area contributed by atoms with E-state index in [1.165, 1.54) is 34.7 Å². The number of hydrogen-bond donors (Lipinski definition) is 1. The van der Waals surface area contributed by atoms with E-state index in [9.17, 15) is 18.8 Å². The van der Waals surface area contributed by atoms with Crippen molar-refractivity contribution in [3.05, 3.63) is 71.0 Å². The van der Waals surface area contributed by atoms with Gasteiger partial charge in [-0.05, 0) is 61.2 Å². The largest absolute Gasteiger partial charge is 0.353 e. The fourth-order valence-corrected chi connectivity index (χ4v) is 4.95. The van der Waals surface area contributed by atoms with Crippen molar-refractivity contribution in [1.29, 1.82) is 0 Å². The van der Waals surface area contributed by atoms with E-state index >= 15 is 0 Å². The Bertz CT molecular complexity index is 1110. The molecule has 8 heteroatoms. The Morgan fingerprint density at radius 3 is 2.17 bits per heavy atom. The maximum absolute atomic E-state index is 13.6. The monoisotopic (exact) mass is 479 g/mol. The molecule has 2 aliphatic heterocycles. The van der Waals surface area contributed by atoms with Crippen LogP contribution in [0.5, 0.6) is 0 Å². The molecule has 1 N–H and O–H groups in total. The minimum Gasteiger partial charge on any atom is -0.353 e. The highest BCUT2D eigenvalue weighted by molar-refractivity contribution is 5.98. The van der Waals surface area contributed by atoms with E-state index in [0.717, 1.165) is 19.3 Å². The molecule has 0 bridgehead atoms. The lowest BCUT2D eigenvalue weighted by Crippen LogP contribution is -2.60. The van der Waals surface area contributed by atoms with Gasteiger partial charge in [0, 0.05) is 43.1 Å². The SMILES string of the molecule is CCc1ccc(C(=O)N2CCC3(CC2)OCC(C(=O)NC2CC2)N3C(=O)c2ccc(F)cc2)cc1. The fourth-order valence-electron chi connectivity index (χ4n) is 4.95. The average molecular weight is 480 g/mol. The van der Waals surface area contributed by atoms with Gasteiger partial charge in [-0.3, -0.25) is 19.3 Å². The molecule has 7 nitrogen and oxygen atoms in total. The molecule has 1 atom stereocenters. The highest BCUT2D eigenvalue weighted by Crippen LogP contribution is 2.39. The van der Waals surface area contributed by atoms with Gasteiger partial charge in [-0.15, -0.1) is 0 Å². The molecule has 3 aliphatic rings. The first-order valence-corrected chi connectivity index (χ1v) is 12.3. The zero-order valence-corrected chi connectivity index (χ0v) is 19.8. The first-order valence-electron chi connectivity index (χ1n) is 12.3. The summed E-state index contributed by atoms with van der Waals surface area (Å²) in [6.45, 7) is 2.97. The molecular formula is C27H30FN3O4. The number of hydrogen-bond acceptors (Lipinski definition) is 4. The third-order valence-corrected chi connectivity index (χ3v) is 7.24. The number of nitrogens with one attached hydrogen (secondary N) is 1. The first kappa shape index (κ1) is 23.5. The van der Waals surface area contributed by atoms with Gasteiger partial charge in [-0.25, -0.2) is 4.39 Å². The highest BCUT2D eigenvalue weighted by Gasteiger charge is 2.54. The summed E-state index contributed by atoms with van der Waals surface area (Å²) >= 11 is 0. The summed E-state index contributed by atoms with van der Waals surface area (Å²) in [5.74, 6) is -1.08. The molecule has 1 spiro atoms. The molecule has 2 heterocycles. The van der Waals surface area contributed by atoms with Gasteiger partial charge < -0.3 is 15.0 Å². The second kappa shape index (κ2) is 9.41. The van der Waals surface area contributed by atoms with E-state index in [4.69, 9.17) is 4.74 Å². The molecule has 2 aromatic rings. The Balaban J connectivity index is 1.35. The maximum Gasteiger partial charge on any atom is 0.256 e. The smallest absolute Gasteiger partial charge is 0.256 e. The van der Waals surface area contributed by atoms with Crippen molar-refractivity contribution < 1.29 is 23.5 Å². The predicted octanol–water partition coefficient (Wildman–Crippen LogP) is 3.14. The number of nitrogens with zero attached hydrogens (tertiary/aromatic N) is 2. The number of piperidine rings is 1. The number of rotatable bonds is 5. The molecule has 5 rings (SSSR count). The Kier molecular flexibility index (Phi) is 6.32. The Morgan fingerprint density at radius 2 is 1.57 bits per heavy atom. The summed E-state index contributed by atoms with van der Waals surface area (Å²) in [6.07, 6.45) is 3.57. The molecule has 3 fully saturated rings. The predicted molar refractivity (Wildman–Crippen MR) is 127 cm³/mol. The topological polar surface area (TPSA) is 79.0 Å². The van der Waals surface area contributed by atoms with Crippen LogP contribution in [0.1, 0.15) is 58.9 Å². The maximum atomic E-state index is 13.6. The van der Waals surface area contributed by atoms with Gasteiger partial charge in [0.15, 0.2) is 0 Å². The number of halogens is 1. The van der Waals surface area contributed by atoms with E-state index in [1.807, 2.05) is 24.3 Å². The van der Waals surface area contributed by atoms with Gasteiger partial charge in [-0.1, -0.05) is 19.1 Å². The molecule has 2 aromatic carbocycles. The minimum atomic E-state index is -0.986. The molecule has 1 saturated carbocycles. The molecule has 0 radical (unpaired) electrons. The number of benzene rings is 2. The number of carbonyl (C=O) groups excluding carboxylic acids is 3. The summed E-state index contributed by atoms with van der Waals surface area (Å²) in [7, 11) is 0. The van der Waals surface area contributed by atoms with Crippen LogP contribution >= 0.6 is 0 Å². The van der Waals surface area contributed by atoms with E-state index in [-0.39, 0.29) is 30.4 Å². The van der Waals surface area contributed by atoms with E-state index in [2.05, 4.69) is 12.2 Å². The number of amides is 3. The minimum absolute atomic E-state index is 0.0556. The Morgan fingerprint density at radius 1 is 0.971 bits per heavy atom. The Labute approximate surface area is 204 Å². The van der Waals surface area contributed by atoms with Crippen molar-refractivity contribution in [3.8, 4) is 0 Å².